The first-order valence-electron chi connectivity index (χ1n) is 9.57. The van der Waals surface area contributed by atoms with Crippen LogP contribution in [0.4, 0.5) is 5.69 Å². The molecule has 3 N–H and O–H groups in total. The predicted octanol–water partition coefficient (Wildman–Crippen LogP) is 3.04. The predicted molar refractivity (Wildman–Crippen MR) is 115 cm³/mol. The van der Waals surface area contributed by atoms with Crippen LogP contribution in [-0.2, 0) is 10.0 Å². The molecular formula is C22H23N3O3S. The van der Waals surface area contributed by atoms with Crippen LogP contribution in [0.15, 0.2) is 65.6 Å². The van der Waals surface area contributed by atoms with E-state index >= 15 is 0 Å². The molecule has 1 unspecified atom stereocenters. The summed E-state index contributed by atoms with van der Waals surface area (Å²) in [4.78, 5) is 13.0. The van der Waals surface area contributed by atoms with Crippen molar-refractivity contribution >= 4 is 32.4 Å². The SMILES string of the molecule is Cc1ccccc1C(=O)Nc1ccc(S(=O)(=O)NC2CCNC2)c2ccccc12. The van der Waals surface area contributed by atoms with Crippen molar-refractivity contribution in [2.45, 2.75) is 24.3 Å². The van der Waals surface area contributed by atoms with Gasteiger partial charge in [-0.05, 0) is 43.7 Å². The number of nitrogens with one attached hydrogen (secondary N) is 3. The topological polar surface area (TPSA) is 87.3 Å². The molecule has 1 aliphatic rings. The highest BCUT2D eigenvalue weighted by Gasteiger charge is 2.25. The molecule has 0 radical (unpaired) electrons. The number of rotatable bonds is 5. The van der Waals surface area contributed by atoms with Crippen LogP contribution in [0, 0.1) is 6.92 Å². The standard InChI is InChI=1S/C22H23N3O3S/c1-15-6-2-3-7-17(15)22(26)24-20-10-11-21(19-9-5-4-8-18(19)20)29(27,28)25-16-12-13-23-14-16/h2-11,16,23,25H,12-14H2,1H3,(H,24,26). The molecule has 1 aliphatic heterocycles. The van der Waals surface area contributed by atoms with Gasteiger partial charge in [0.1, 0.15) is 0 Å². The number of amides is 1. The van der Waals surface area contributed by atoms with Gasteiger partial charge in [0.15, 0.2) is 0 Å². The first-order chi connectivity index (χ1) is 14.0. The van der Waals surface area contributed by atoms with E-state index in [1.807, 2.05) is 37.3 Å². The highest BCUT2D eigenvalue weighted by atomic mass is 32.2. The minimum Gasteiger partial charge on any atom is -0.321 e. The molecule has 4 rings (SSSR count). The van der Waals surface area contributed by atoms with Crippen molar-refractivity contribution < 1.29 is 13.2 Å². The maximum Gasteiger partial charge on any atom is 0.255 e. The molecule has 150 valence electrons. The molecule has 1 amide bonds. The molecule has 0 bridgehead atoms. The van der Waals surface area contributed by atoms with Crippen LogP contribution < -0.4 is 15.4 Å². The van der Waals surface area contributed by atoms with Crippen molar-refractivity contribution in [3.63, 3.8) is 0 Å². The second-order valence-corrected chi connectivity index (χ2v) is 8.92. The number of sulfonamides is 1. The molecule has 0 aliphatic carbocycles. The number of hydrogen-bond donors (Lipinski definition) is 3. The van der Waals surface area contributed by atoms with E-state index in [9.17, 15) is 13.2 Å². The summed E-state index contributed by atoms with van der Waals surface area (Å²) in [5.74, 6) is -0.223. The first-order valence-corrected chi connectivity index (χ1v) is 11.1. The molecule has 0 saturated carbocycles. The van der Waals surface area contributed by atoms with Gasteiger partial charge in [0, 0.05) is 34.6 Å². The summed E-state index contributed by atoms with van der Waals surface area (Å²) in [6.45, 7) is 3.31. The molecule has 7 heteroatoms. The van der Waals surface area contributed by atoms with Crippen molar-refractivity contribution in [1.82, 2.24) is 10.0 Å². The molecule has 1 saturated heterocycles. The Bertz CT molecular complexity index is 1170. The summed E-state index contributed by atoms with van der Waals surface area (Å²) in [6, 6.07) is 17.7. The van der Waals surface area contributed by atoms with Crippen LogP contribution in [0.2, 0.25) is 0 Å². The number of aryl methyl sites for hydroxylation is 1. The highest BCUT2D eigenvalue weighted by Crippen LogP contribution is 2.30. The normalized spacial score (nSPS) is 16.8. The van der Waals surface area contributed by atoms with Gasteiger partial charge in [0.2, 0.25) is 10.0 Å². The largest absolute Gasteiger partial charge is 0.321 e. The van der Waals surface area contributed by atoms with Crippen LogP contribution in [0.3, 0.4) is 0 Å². The molecule has 3 aromatic carbocycles. The molecule has 0 spiro atoms. The lowest BCUT2D eigenvalue weighted by atomic mass is 10.1. The summed E-state index contributed by atoms with van der Waals surface area (Å²) < 4.78 is 28.7. The molecular weight excluding hydrogens is 386 g/mol. The van der Waals surface area contributed by atoms with E-state index in [0.29, 0.717) is 28.6 Å². The third kappa shape index (κ3) is 4.03. The van der Waals surface area contributed by atoms with Crippen molar-refractivity contribution in [3.05, 3.63) is 71.8 Å². The minimum atomic E-state index is -3.68. The van der Waals surface area contributed by atoms with Crippen molar-refractivity contribution in [2.75, 3.05) is 18.4 Å². The molecule has 3 aromatic rings. The van der Waals surface area contributed by atoms with Gasteiger partial charge in [0.25, 0.3) is 5.91 Å². The maximum absolute atomic E-state index is 13.0. The van der Waals surface area contributed by atoms with Crippen LogP contribution in [-0.4, -0.2) is 33.5 Å². The number of carbonyl (C=O) groups excluding carboxylic acids is 1. The first kappa shape index (κ1) is 19.6. The van der Waals surface area contributed by atoms with Crippen molar-refractivity contribution in [3.8, 4) is 0 Å². The van der Waals surface area contributed by atoms with E-state index in [4.69, 9.17) is 0 Å². The second-order valence-electron chi connectivity index (χ2n) is 7.24. The van der Waals surface area contributed by atoms with Crippen molar-refractivity contribution in [2.24, 2.45) is 0 Å². The van der Waals surface area contributed by atoms with Crippen LogP contribution in [0.25, 0.3) is 10.8 Å². The highest BCUT2D eigenvalue weighted by molar-refractivity contribution is 7.89. The van der Waals surface area contributed by atoms with Gasteiger partial charge in [-0.15, -0.1) is 0 Å². The number of benzene rings is 3. The Hall–Kier alpha value is -2.74. The molecule has 1 fully saturated rings. The quantitative estimate of drug-likeness (QED) is 0.604. The van der Waals surface area contributed by atoms with Gasteiger partial charge in [-0.2, -0.15) is 0 Å². The van der Waals surface area contributed by atoms with E-state index in [0.717, 1.165) is 18.5 Å². The zero-order valence-electron chi connectivity index (χ0n) is 16.1. The monoisotopic (exact) mass is 409 g/mol. The number of carbonyl (C=O) groups is 1. The van der Waals surface area contributed by atoms with E-state index in [-0.39, 0.29) is 16.8 Å². The molecule has 1 heterocycles. The Morgan fingerprint density at radius 3 is 2.45 bits per heavy atom. The number of anilines is 1. The number of fused-ring (bicyclic) bond motifs is 1. The fraction of sp³-hybridized carbons (Fsp3) is 0.227. The zero-order chi connectivity index (χ0) is 20.4. The van der Waals surface area contributed by atoms with E-state index in [1.54, 1.807) is 30.3 Å². The Balaban J connectivity index is 1.70. The van der Waals surface area contributed by atoms with Gasteiger partial charge in [0.05, 0.1) is 4.90 Å². The maximum atomic E-state index is 13.0. The third-order valence-electron chi connectivity index (χ3n) is 5.19. The summed E-state index contributed by atoms with van der Waals surface area (Å²) in [7, 11) is -3.68. The lowest BCUT2D eigenvalue weighted by Crippen LogP contribution is -2.36. The van der Waals surface area contributed by atoms with Gasteiger partial charge in [-0.1, -0.05) is 42.5 Å². The second kappa shape index (κ2) is 7.94. The summed E-state index contributed by atoms with van der Waals surface area (Å²) in [5, 5.41) is 7.35. The van der Waals surface area contributed by atoms with Crippen molar-refractivity contribution in [1.29, 1.82) is 0 Å². The average molecular weight is 410 g/mol. The lowest BCUT2D eigenvalue weighted by Gasteiger charge is -2.16. The van der Waals surface area contributed by atoms with Gasteiger partial charge >= 0.3 is 0 Å². The van der Waals surface area contributed by atoms with Gasteiger partial charge in [-0.25, -0.2) is 13.1 Å². The minimum absolute atomic E-state index is 0.112. The molecule has 6 nitrogen and oxygen atoms in total. The Morgan fingerprint density at radius 2 is 1.72 bits per heavy atom. The zero-order valence-corrected chi connectivity index (χ0v) is 16.9. The average Bonchev–Trinajstić information content (AvgIpc) is 3.20. The molecule has 1 atom stereocenters. The Kier molecular flexibility index (Phi) is 5.36. The fourth-order valence-corrected chi connectivity index (χ4v) is 5.15. The van der Waals surface area contributed by atoms with Crippen LogP contribution in [0.1, 0.15) is 22.3 Å². The summed E-state index contributed by atoms with van der Waals surface area (Å²) >= 11 is 0. The van der Waals surface area contributed by atoms with Crippen LogP contribution in [0.5, 0.6) is 0 Å². The van der Waals surface area contributed by atoms with Crippen LogP contribution >= 0.6 is 0 Å². The fourth-order valence-electron chi connectivity index (χ4n) is 3.67. The van der Waals surface area contributed by atoms with Gasteiger partial charge in [-0.3, -0.25) is 4.79 Å². The Morgan fingerprint density at radius 1 is 1.00 bits per heavy atom. The van der Waals surface area contributed by atoms with E-state index < -0.39 is 10.0 Å². The smallest absolute Gasteiger partial charge is 0.255 e. The Labute approximate surface area is 170 Å². The third-order valence-corrected chi connectivity index (χ3v) is 6.77. The molecule has 0 aromatic heterocycles. The van der Waals surface area contributed by atoms with E-state index in [1.165, 1.54) is 0 Å². The van der Waals surface area contributed by atoms with Gasteiger partial charge < -0.3 is 10.6 Å². The lowest BCUT2D eigenvalue weighted by molar-refractivity contribution is 0.102. The summed E-state index contributed by atoms with van der Waals surface area (Å²) in [6.07, 6.45) is 0.766. The summed E-state index contributed by atoms with van der Waals surface area (Å²) in [5.41, 5.74) is 2.04. The van der Waals surface area contributed by atoms with E-state index in [2.05, 4.69) is 15.4 Å². The molecule has 29 heavy (non-hydrogen) atoms. The number of hydrogen-bond acceptors (Lipinski definition) is 4.